The average Bonchev–Trinajstić information content (AvgIpc) is 2.53. The van der Waals surface area contributed by atoms with Gasteiger partial charge in [-0.15, -0.1) is 0 Å². The fourth-order valence-corrected chi connectivity index (χ4v) is 2.66. The van der Waals surface area contributed by atoms with Gasteiger partial charge in [-0.25, -0.2) is 0 Å². The van der Waals surface area contributed by atoms with Gasteiger partial charge < -0.3 is 15.2 Å². The zero-order valence-corrected chi connectivity index (χ0v) is 13.8. The Labute approximate surface area is 134 Å². The molecule has 0 aliphatic carbocycles. The van der Waals surface area contributed by atoms with E-state index < -0.39 is 0 Å². The van der Waals surface area contributed by atoms with Gasteiger partial charge in [0.25, 0.3) is 0 Å². The predicted molar refractivity (Wildman–Crippen MR) is 88.8 cm³/mol. The highest BCUT2D eigenvalue weighted by molar-refractivity contribution is 9.10. The molecular formula is C17H20BrNO2. The summed E-state index contributed by atoms with van der Waals surface area (Å²) in [5, 5.41) is 0. The van der Waals surface area contributed by atoms with Crippen molar-refractivity contribution < 1.29 is 9.47 Å². The molecule has 0 saturated carbocycles. The summed E-state index contributed by atoms with van der Waals surface area (Å²) >= 11 is 3.58. The lowest BCUT2D eigenvalue weighted by atomic mass is 10.0. The smallest absolute Gasteiger partial charge is 0.162 e. The predicted octanol–water partition coefficient (Wildman–Crippen LogP) is 4.32. The summed E-state index contributed by atoms with van der Waals surface area (Å²) in [6.07, 6.45) is 0.586. The molecular weight excluding hydrogens is 330 g/mol. The first kappa shape index (κ1) is 15.9. The molecule has 3 nitrogen and oxygen atoms in total. The molecule has 2 atom stereocenters. The number of methoxy groups -OCH3 is 1. The third-order valence-corrected chi connectivity index (χ3v) is 4.12. The molecule has 0 spiro atoms. The highest BCUT2D eigenvalue weighted by atomic mass is 79.9. The zero-order valence-electron chi connectivity index (χ0n) is 12.3. The van der Waals surface area contributed by atoms with Crippen molar-refractivity contribution in [3.05, 3.63) is 58.6 Å². The van der Waals surface area contributed by atoms with E-state index in [1.165, 1.54) is 0 Å². The van der Waals surface area contributed by atoms with Gasteiger partial charge >= 0.3 is 0 Å². The Bertz CT molecular complexity index is 589. The van der Waals surface area contributed by atoms with E-state index in [0.29, 0.717) is 11.5 Å². The van der Waals surface area contributed by atoms with Crippen LogP contribution in [0.15, 0.2) is 53.0 Å². The SMILES string of the molecule is CCC(N)C(Oc1ccccc1OC)c1ccccc1Br. The van der Waals surface area contributed by atoms with Gasteiger partial charge in [0.15, 0.2) is 11.5 Å². The van der Waals surface area contributed by atoms with Crippen LogP contribution >= 0.6 is 15.9 Å². The van der Waals surface area contributed by atoms with Crippen LogP contribution in [0, 0.1) is 0 Å². The lowest BCUT2D eigenvalue weighted by Gasteiger charge is -2.26. The number of hydrogen-bond acceptors (Lipinski definition) is 3. The molecule has 112 valence electrons. The maximum Gasteiger partial charge on any atom is 0.162 e. The third kappa shape index (κ3) is 3.77. The second-order valence-electron chi connectivity index (χ2n) is 4.78. The van der Waals surface area contributed by atoms with Crippen LogP contribution in [-0.4, -0.2) is 13.2 Å². The first-order valence-corrected chi connectivity index (χ1v) is 7.76. The van der Waals surface area contributed by atoms with Gasteiger partial charge in [0.1, 0.15) is 6.10 Å². The average molecular weight is 350 g/mol. The van der Waals surface area contributed by atoms with E-state index in [9.17, 15) is 0 Å². The second kappa shape index (κ2) is 7.48. The molecule has 0 aliphatic rings. The number of halogens is 1. The van der Waals surface area contributed by atoms with E-state index in [1.807, 2.05) is 48.5 Å². The van der Waals surface area contributed by atoms with Gasteiger partial charge in [-0.2, -0.15) is 0 Å². The molecule has 21 heavy (non-hydrogen) atoms. The van der Waals surface area contributed by atoms with Crippen molar-refractivity contribution in [1.29, 1.82) is 0 Å². The van der Waals surface area contributed by atoms with Crippen LogP contribution in [-0.2, 0) is 0 Å². The standard InChI is InChI=1S/C17H20BrNO2/c1-3-14(19)17(12-8-4-5-9-13(12)18)21-16-11-7-6-10-15(16)20-2/h4-11,14,17H,3,19H2,1-2H3. The molecule has 0 bridgehead atoms. The summed E-state index contributed by atoms with van der Waals surface area (Å²) in [6.45, 7) is 2.06. The quantitative estimate of drug-likeness (QED) is 0.844. The number of para-hydroxylation sites is 2. The van der Waals surface area contributed by atoms with Gasteiger partial charge in [-0.05, 0) is 24.6 Å². The number of nitrogens with two attached hydrogens (primary N) is 1. The van der Waals surface area contributed by atoms with Crippen molar-refractivity contribution in [3.8, 4) is 11.5 Å². The van der Waals surface area contributed by atoms with Crippen LogP contribution in [0.4, 0.5) is 0 Å². The molecule has 2 rings (SSSR count). The fourth-order valence-electron chi connectivity index (χ4n) is 2.15. The first-order chi connectivity index (χ1) is 10.2. The molecule has 0 aromatic heterocycles. The molecule has 2 aromatic rings. The summed E-state index contributed by atoms with van der Waals surface area (Å²) in [5.41, 5.74) is 7.31. The third-order valence-electron chi connectivity index (χ3n) is 3.40. The molecule has 0 fully saturated rings. The zero-order chi connectivity index (χ0) is 15.2. The van der Waals surface area contributed by atoms with Gasteiger partial charge in [0.2, 0.25) is 0 Å². The summed E-state index contributed by atoms with van der Waals surface area (Å²) in [7, 11) is 1.63. The molecule has 0 radical (unpaired) electrons. The van der Waals surface area contributed by atoms with Crippen molar-refractivity contribution >= 4 is 15.9 Å². The molecule has 0 saturated heterocycles. The van der Waals surface area contributed by atoms with Gasteiger partial charge in [0, 0.05) is 16.1 Å². The van der Waals surface area contributed by atoms with Crippen LogP contribution in [0.2, 0.25) is 0 Å². The summed E-state index contributed by atoms with van der Waals surface area (Å²) in [4.78, 5) is 0. The topological polar surface area (TPSA) is 44.5 Å². The van der Waals surface area contributed by atoms with E-state index in [-0.39, 0.29) is 12.1 Å². The Morgan fingerprint density at radius 1 is 1.05 bits per heavy atom. The maximum absolute atomic E-state index is 6.27. The fraction of sp³-hybridized carbons (Fsp3) is 0.294. The second-order valence-corrected chi connectivity index (χ2v) is 5.64. The monoisotopic (exact) mass is 349 g/mol. The summed E-state index contributed by atoms with van der Waals surface area (Å²) < 4.78 is 12.5. The van der Waals surface area contributed by atoms with E-state index in [1.54, 1.807) is 7.11 Å². The normalized spacial score (nSPS) is 13.5. The largest absolute Gasteiger partial charge is 0.493 e. The minimum Gasteiger partial charge on any atom is -0.493 e. The van der Waals surface area contributed by atoms with Crippen LogP contribution < -0.4 is 15.2 Å². The van der Waals surface area contributed by atoms with Crippen molar-refractivity contribution in [3.63, 3.8) is 0 Å². The first-order valence-electron chi connectivity index (χ1n) is 6.97. The lowest BCUT2D eigenvalue weighted by molar-refractivity contribution is 0.164. The Kier molecular flexibility index (Phi) is 5.65. The van der Waals surface area contributed by atoms with Crippen molar-refractivity contribution in [2.45, 2.75) is 25.5 Å². The Hall–Kier alpha value is -1.52. The number of rotatable bonds is 6. The van der Waals surface area contributed by atoms with Crippen molar-refractivity contribution in [2.24, 2.45) is 5.73 Å². The van der Waals surface area contributed by atoms with Crippen LogP contribution in [0.25, 0.3) is 0 Å². The highest BCUT2D eigenvalue weighted by Crippen LogP contribution is 2.34. The Morgan fingerprint density at radius 3 is 2.29 bits per heavy atom. The minimum atomic E-state index is -0.234. The lowest BCUT2D eigenvalue weighted by Crippen LogP contribution is -2.31. The number of ether oxygens (including phenoxy) is 2. The Balaban J connectivity index is 2.36. The van der Waals surface area contributed by atoms with E-state index in [2.05, 4.69) is 22.9 Å². The van der Waals surface area contributed by atoms with Gasteiger partial charge in [-0.1, -0.05) is 53.2 Å². The Morgan fingerprint density at radius 2 is 1.67 bits per heavy atom. The number of hydrogen-bond donors (Lipinski definition) is 1. The van der Waals surface area contributed by atoms with E-state index in [0.717, 1.165) is 16.5 Å². The molecule has 2 unspecified atom stereocenters. The van der Waals surface area contributed by atoms with E-state index >= 15 is 0 Å². The van der Waals surface area contributed by atoms with Crippen LogP contribution in [0.5, 0.6) is 11.5 Å². The molecule has 2 N–H and O–H groups in total. The molecule has 0 heterocycles. The summed E-state index contributed by atoms with van der Waals surface area (Å²) in [6, 6.07) is 15.5. The summed E-state index contributed by atoms with van der Waals surface area (Å²) in [5.74, 6) is 1.41. The maximum atomic E-state index is 6.27. The molecule has 0 amide bonds. The van der Waals surface area contributed by atoms with Gasteiger partial charge in [0.05, 0.1) is 7.11 Å². The van der Waals surface area contributed by atoms with Gasteiger partial charge in [-0.3, -0.25) is 0 Å². The minimum absolute atomic E-state index is 0.103. The molecule has 4 heteroatoms. The van der Waals surface area contributed by atoms with Crippen molar-refractivity contribution in [2.75, 3.05) is 7.11 Å². The van der Waals surface area contributed by atoms with E-state index in [4.69, 9.17) is 15.2 Å². The van der Waals surface area contributed by atoms with Crippen LogP contribution in [0.3, 0.4) is 0 Å². The highest BCUT2D eigenvalue weighted by Gasteiger charge is 2.23. The molecule has 0 aliphatic heterocycles. The molecule has 2 aromatic carbocycles. The van der Waals surface area contributed by atoms with Crippen LogP contribution in [0.1, 0.15) is 25.0 Å². The number of benzene rings is 2. The van der Waals surface area contributed by atoms with Crippen molar-refractivity contribution in [1.82, 2.24) is 0 Å².